The fourth-order valence-electron chi connectivity index (χ4n) is 3.90. The number of sulfonamides is 1. The number of carbonyl (C=O) groups is 1. The molecule has 0 unspecified atom stereocenters. The standard InChI is InChI=1S/C28H30ClF3N2O3S/c1-27(2,3)21-10-8-20(9-11-21)18-34(15-14-19-6-5-7-22(16-19)28(30,31)32)26(35)24-17-23(29)12-13-25(24)33-38(4,36)37/h5-13,16-17,33H,14-15,18H2,1-4H3. The molecular weight excluding hydrogens is 537 g/mol. The van der Waals surface area contributed by atoms with Crippen molar-refractivity contribution in [3.63, 3.8) is 0 Å². The van der Waals surface area contributed by atoms with Gasteiger partial charge in [0.05, 0.1) is 23.1 Å². The maximum atomic E-state index is 13.7. The number of amides is 1. The molecule has 5 nitrogen and oxygen atoms in total. The van der Waals surface area contributed by atoms with Gasteiger partial charge in [0.15, 0.2) is 0 Å². The first kappa shape index (κ1) is 29.5. The van der Waals surface area contributed by atoms with Gasteiger partial charge in [-0.05, 0) is 52.8 Å². The highest BCUT2D eigenvalue weighted by molar-refractivity contribution is 7.92. The highest BCUT2D eigenvalue weighted by atomic mass is 35.5. The number of rotatable bonds is 8. The van der Waals surface area contributed by atoms with Crippen molar-refractivity contribution < 1.29 is 26.4 Å². The van der Waals surface area contributed by atoms with Crippen LogP contribution in [0.1, 0.15) is 53.4 Å². The van der Waals surface area contributed by atoms with Crippen LogP contribution in [0.15, 0.2) is 66.7 Å². The van der Waals surface area contributed by atoms with Gasteiger partial charge in [-0.2, -0.15) is 13.2 Å². The summed E-state index contributed by atoms with van der Waals surface area (Å²) in [7, 11) is -3.69. The average molecular weight is 567 g/mol. The largest absolute Gasteiger partial charge is 0.416 e. The second kappa shape index (κ2) is 11.4. The molecule has 0 atom stereocenters. The smallest absolute Gasteiger partial charge is 0.334 e. The zero-order chi connectivity index (χ0) is 28.3. The van der Waals surface area contributed by atoms with E-state index in [1.807, 2.05) is 24.3 Å². The molecule has 3 aromatic rings. The first-order valence-corrected chi connectivity index (χ1v) is 14.1. The van der Waals surface area contributed by atoms with Gasteiger partial charge in [0.2, 0.25) is 10.0 Å². The highest BCUT2D eigenvalue weighted by Crippen LogP contribution is 2.30. The molecule has 1 amide bonds. The lowest BCUT2D eigenvalue weighted by Crippen LogP contribution is -2.33. The van der Waals surface area contributed by atoms with E-state index in [1.165, 1.54) is 29.2 Å². The third-order valence-corrected chi connectivity index (χ3v) is 6.74. The number of hydrogen-bond donors (Lipinski definition) is 1. The summed E-state index contributed by atoms with van der Waals surface area (Å²) in [6.07, 6.45) is -3.35. The number of halogens is 4. The normalized spacial score (nSPS) is 12.3. The predicted octanol–water partition coefficient (Wildman–Crippen LogP) is 6.91. The first-order valence-electron chi connectivity index (χ1n) is 11.8. The molecule has 0 aromatic heterocycles. The zero-order valence-corrected chi connectivity index (χ0v) is 23.1. The van der Waals surface area contributed by atoms with Gasteiger partial charge in [-0.1, -0.05) is 74.8 Å². The summed E-state index contributed by atoms with van der Waals surface area (Å²) < 4.78 is 65.7. The number of benzene rings is 3. The molecule has 0 saturated heterocycles. The van der Waals surface area contributed by atoms with Crippen molar-refractivity contribution in [2.75, 3.05) is 17.5 Å². The lowest BCUT2D eigenvalue weighted by atomic mass is 9.87. The minimum atomic E-state index is -4.48. The Bertz CT molecular complexity index is 1400. The molecular formula is C28H30ClF3N2O3S. The fraction of sp³-hybridized carbons (Fsp3) is 0.321. The summed E-state index contributed by atoms with van der Waals surface area (Å²) in [6.45, 7) is 6.51. The Morgan fingerprint density at radius 3 is 2.16 bits per heavy atom. The molecule has 0 heterocycles. The molecule has 0 bridgehead atoms. The maximum Gasteiger partial charge on any atom is 0.416 e. The molecule has 0 aliphatic rings. The zero-order valence-electron chi connectivity index (χ0n) is 21.6. The molecule has 0 radical (unpaired) electrons. The second-order valence-electron chi connectivity index (χ2n) is 10.2. The van der Waals surface area contributed by atoms with Crippen LogP contribution in [-0.4, -0.2) is 32.0 Å². The molecule has 38 heavy (non-hydrogen) atoms. The summed E-state index contributed by atoms with van der Waals surface area (Å²) in [5, 5.41) is 0.236. The minimum Gasteiger partial charge on any atom is -0.334 e. The number of alkyl halides is 3. The van der Waals surface area contributed by atoms with Gasteiger partial charge in [-0.25, -0.2) is 8.42 Å². The summed E-state index contributed by atoms with van der Waals surface area (Å²) in [5.41, 5.74) is 1.62. The van der Waals surface area contributed by atoms with Crippen molar-refractivity contribution in [3.05, 3.63) is 99.6 Å². The lowest BCUT2D eigenvalue weighted by molar-refractivity contribution is -0.137. The van der Waals surface area contributed by atoms with Gasteiger partial charge >= 0.3 is 6.18 Å². The van der Waals surface area contributed by atoms with Gasteiger partial charge in [-0.3, -0.25) is 9.52 Å². The number of hydrogen-bond acceptors (Lipinski definition) is 3. The van der Waals surface area contributed by atoms with E-state index >= 15 is 0 Å². The van der Waals surface area contributed by atoms with Gasteiger partial charge in [0.1, 0.15) is 0 Å². The summed E-state index contributed by atoms with van der Waals surface area (Å²) in [6, 6.07) is 17.0. The summed E-state index contributed by atoms with van der Waals surface area (Å²) in [5.74, 6) is -0.509. The van der Waals surface area contributed by atoms with Crippen molar-refractivity contribution in [3.8, 4) is 0 Å². The van der Waals surface area contributed by atoms with Crippen molar-refractivity contribution in [2.45, 2.75) is 45.3 Å². The Kier molecular flexibility index (Phi) is 8.83. The van der Waals surface area contributed by atoms with Gasteiger partial charge in [0, 0.05) is 18.1 Å². The molecule has 0 fully saturated rings. The van der Waals surface area contributed by atoms with E-state index in [9.17, 15) is 26.4 Å². The Morgan fingerprint density at radius 1 is 0.921 bits per heavy atom. The van der Waals surface area contributed by atoms with E-state index < -0.39 is 27.7 Å². The van der Waals surface area contributed by atoms with Gasteiger partial charge in [0.25, 0.3) is 5.91 Å². The SMILES string of the molecule is CC(C)(C)c1ccc(CN(CCc2cccc(C(F)(F)F)c2)C(=O)c2cc(Cl)ccc2NS(C)(=O)=O)cc1. The molecule has 204 valence electrons. The van der Waals surface area contributed by atoms with Crippen LogP contribution in [0.2, 0.25) is 5.02 Å². The highest BCUT2D eigenvalue weighted by Gasteiger charge is 2.30. The fourth-order valence-corrected chi connectivity index (χ4v) is 4.65. The second-order valence-corrected chi connectivity index (χ2v) is 12.4. The molecule has 1 N–H and O–H groups in total. The Morgan fingerprint density at radius 2 is 1.58 bits per heavy atom. The van der Waals surface area contributed by atoms with Crippen LogP contribution >= 0.6 is 11.6 Å². The van der Waals surface area contributed by atoms with Gasteiger partial charge in [-0.15, -0.1) is 0 Å². The van der Waals surface area contributed by atoms with Crippen molar-refractivity contribution in [1.29, 1.82) is 0 Å². The Labute approximate surface area is 226 Å². The predicted molar refractivity (Wildman–Crippen MR) is 145 cm³/mol. The third kappa shape index (κ3) is 8.23. The molecule has 3 rings (SSSR count). The van der Waals surface area contributed by atoms with E-state index in [0.717, 1.165) is 29.5 Å². The number of nitrogens with zero attached hydrogens (tertiary/aromatic N) is 1. The van der Waals surface area contributed by atoms with E-state index in [2.05, 4.69) is 25.5 Å². The molecule has 0 aliphatic heterocycles. The first-order chi connectivity index (χ1) is 17.5. The van der Waals surface area contributed by atoms with Crippen LogP contribution in [-0.2, 0) is 34.6 Å². The van der Waals surface area contributed by atoms with E-state index in [1.54, 1.807) is 6.07 Å². The van der Waals surface area contributed by atoms with Crippen LogP contribution in [0.25, 0.3) is 0 Å². The van der Waals surface area contributed by atoms with E-state index in [0.29, 0.717) is 5.56 Å². The van der Waals surface area contributed by atoms with Crippen LogP contribution in [0, 0.1) is 0 Å². The van der Waals surface area contributed by atoms with Crippen LogP contribution in [0.5, 0.6) is 0 Å². The molecule has 0 spiro atoms. The van der Waals surface area contributed by atoms with E-state index in [-0.39, 0.29) is 41.2 Å². The number of carbonyl (C=O) groups excluding carboxylic acids is 1. The van der Waals surface area contributed by atoms with Crippen LogP contribution in [0.4, 0.5) is 18.9 Å². The van der Waals surface area contributed by atoms with E-state index in [4.69, 9.17) is 11.6 Å². The Hall–Kier alpha value is -3.04. The minimum absolute atomic E-state index is 0.0401. The number of nitrogens with one attached hydrogen (secondary N) is 1. The third-order valence-electron chi connectivity index (χ3n) is 5.91. The van der Waals surface area contributed by atoms with Crippen molar-refractivity contribution in [1.82, 2.24) is 4.90 Å². The quantitative estimate of drug-likeness (QED) is 0.322. The molecule has 0 aliphatic carbocycles. The molecule has 0 saturated carbocycles. The Balaban J connectivity index is 1.96. The molecule has 10 heteroatoms. The monoisotopic (exact) mass is 566 g/mol. The van der Waals surface area contributed by atoms with Crippen LogP contribution in [0.3, 0.4) is 0 Å². The van der Waals surface area contributed by atoms with Crippen molar-refractivity contribution >= 4 is 33.2 Å². The summed E-state index contributed by atoms with van der Waals surface area (Å²) in [4.78, 5) is 15.2. The maximum absolute atomic E-state index is 13.7. The summed E-state index contributed by atoms with van der Waals surface area (Å²) >= 11 is 6.14. The van der Waals surface area contributed by atoms with Crippen molar-refractivity contribution in [2.24, 2.45) is 0 Å². The average Bonchev–Trinajstić information content (AvgIpc) is 2.81. The van der Waals surface area contributed by atoms with Gasteiger partial charge < -0.3 is 4.90 Å². The number of anilines is 1. The topological polar surface area (TPSA) is 66.5 Å². The lowest BCUT2D eigenvalue weighted by Gasteiger charge is -2.25. The molecule has 3 aromatic carbocycles. The van der Waals surface area contributed by atoms with Crippen LogP contribution < -0.4 is 4.72 Å².